The fourth-order valence-corrected chi connectivity index (χ4v) is 1.69. The summed E-state index contributed by atoms with van der Waals surface area (Å²) in [6.07, 6.45) is 0. The molecular formula is C12H16BrNO3. The van der Waals surface area contributed by atoms with Gasteiger partial charge in [0.2, 0.25) is 0 Å². The first-order chi connectivity index (χ1) is 8.04. The lowest BCUT2D eigenvalue weighted by atomic mass is 10.1. The van der Waals surface area contributed by atoms with Crippen LogP contribution in [0, 0.1) is 0 Å². The van der Waals surface area contributed by atoms with Gasteiger partial charge in [-0.3, -0.25) is 0 Å². The molecule has 0 aliphatic heterocycles. The third-order valence-electron chi connectivity index (χ3n) is 2.12. The number of esters is 1. The zero-order chi connectivity index (χ0) is 12.8. The molecule has 0 aromatic heterocycles. The molecule has 0 spiro atoms. The van der Waals surface area contributed by atoms with Crippen molar-refractivity contribution in [2.24, 2.45) is 5.73 Å². The SMILES string of the molecule is CCOC(=O)COc1cc(Br)ccc1[C@@H](C)N. The number of hydrogen-bond donors (Lipinski definition) is 1. The van der Waals surface area contributed by atoms with Crippen molar-refractivity contribution in [3.8, 4) is 5.75 Å². The van der Waals surface area contributed by atoms with Crippen molar-refractivity contribution >= 4 is 21.9 Å². The Morgan fingerprint density at radius 2 is 2.24 bits per heavy atom. The minimum Gasteiger partial charge on any atom is -0.482 e. The topological polar surface area (TPSA) is 61.5 Å². The Kier molecular flexibility index (Phi) is 5.44. The summed E-state index contributed by atoms with van der Waals surface area (Å²) >= 11 is 3.35. The van der Waals surface area contributed by atoms with Crippen LogP contribution in [0.5, 0.6) is 5.75 Å². The minimum absolute atomic E-state index is 0.107. The van der Waals surface area contributed by atoms with Crippen molar-refractivity contribution in [3.05, 3.63) is 28.2 Å². The van der Waals surface area contributed by atoms with Crippen molar-refractivity contribution in [1.82, 2.24) is 0 Å². The van der Waals surface area contributed by atoms with Crippen molar-refractivity contribution < 1.29 is 14.3 Å². The van der Waals surface area contributed by atoms with Gasteiger partial charge in [-0.2, -0.15) is 0 Å². The Bertz CT molecular complexity index is 393. The molecular weight excluding hydrogens is 286 g/mol. The van der Waals surface area contributed by atoms with Crippen LogP contribution in [-0.2, 0) is 9.53 Å². The number of halogens is 1. The van der Waals surface area contributed by atoms with E-state index in [1.54, 1.807) is 13.0 Å². The number of carbonyl (C=O) groups excluding carboxylic acids is 1. The van der Waals surface area contributed by atoms with Gasteiger partial charge in [0.05, 0.1) is 6.61 Å². The fourth-order valence-electron chi connectivity index (χ4n) is 1.35. The van der Waals surface area contributed by atoms with Crippen LogP contribution in [0.25, 0.3) is 0 Å². The molecule has 5 heteroatoms. The molecule has 0 heterocycles. The molecule has 0 aliphatic rings. The monoisotopic (exact) mass is 301 g/mol. The van der Waals surface area contributed by atoms with Gasteiger partial charge in [0.1, 0.15) is 5.75 Å². The van der Waals surface area contributed by atoms with E-state index in [2.05, 4.69) is 15.9 Å². The molecule has 2 N–H and O–H groups in total. The molecule has 0 saturated carbocycles. The maximum Gasteiger partial charge on any atom is 0.344 e. The van der Waals surface area contributed by atoms with Gasteiger partial charge in [-0.15, -0.1) is 0 Å². The number of benzene rings is 1. The van der Waals surface area contributed by atoms with E-state index in [1.165, 1.54) is 0 Å². The maximum absolute atomic E-state index is 11.2. The molecule has 1 aromatic carbocycles. The van der Waals surface area contributed by atoms with Crippen molar-refractivity contribution in [1.29, 1.82) is 0 Å². The quantitative estimate of drug-likeness (QED) is 0.849. The molecule has 0 amide bonds. The van der Waals surface area contributed by atoms with Gasteiger partial charge in [-0.1, -0.05) is 22.0 Å². The molecule has 1 aromatic rings. The molecule has 4 nitrogen and oxygen atoms in total. The van der Waals surface area contributed by atoms with Crippen LogP contribution in [0.4, 0.5) is 0 Å². The van der Waals surface area contributed by atoms with Crippen LogP contribution in [0.2, 0.25) is 0 Å². The van der Waals surface area contributed by atoms with Crippen LogP contribution in [0.1, 0.15) is 25.5 Å². The van der Waals surface area contributed by atoms with Crippen molar-refractivity contribution in [2.75, 3.05) is 13.2 Å². The number of carbonyl (C=O) groups is 1. The molecule has 17 heavy (non-hydrogen) atoms. The van der Waals surface area contributed by atoms with Gasteiger partial charge in [0, 0.05) is 16.1 Å². The van der Waals surface area contributed by atoms with E-state index in [1.807, 2.05) is 19.1 Å². The van der Waals surface area contributed by atoms with Gasteiger partial charge in [0.15, 0.2) is 6.61 Å². The van der Waals surface area contributed by atoms with E-state index in [0.29, 0.717) is 12.4 Å². The average Bonchev–Trinajstić information content (AvgIpc) is 2.26. The third-order valence-corrected chi connectivity index (χ3v) is 2.61. The van der Waals surface area contributed by atoms with Crippen LogP contribution in [0.3, 0.4) is 0 Å². The molecule has 94 valence electrons. The standard InChI is InChI=1S/C12H16BrNO3/c1-3-16-12(15)7-17-11-6-9(13)4-5-10(11)8(2)14/h4-6,8H,3,7,14H2,1-2H3/t8-/m1/s1. The molecule has 1 rings (SSSR count). The summed E-state index contributed by atoms with van der Waals surface area (Å²) in [5, 5.41) is 0. The zero-order valence-corrected chi connectivity index (χ0v) is 11.5. The summed E-state index contributed by atoms with van der Waals surface area (Å²) in [5.41, 5.74) is 6.68. The van der Waals surface area contributed by atoms with Crippen molar-refractivity contribution in [2.45, 2.75) is 19.9 Å². The zero-order valence-electron chi connectivity index (χ0n) is 9.90. The van der Waals surface area contributed by atoms with Gasteiger partial charge < -0.3 is 15.2 Å². The van der Waals surface area contributed by atoms with E-state index >= 15 is 0 Å². The molecule has 0 radical (unpaired) electrons. The Balaban J connectivity index is 2.75. The van der Waals surface area contributed by atoms with Crippen molar-refractivity contribution in [3.63, 3.8) is 0 Å². The predicted octanol–water partition coefficient (Wildman–Crippen LogP) is 2.41. The van der Waals surface area contributed by atoms with E-state index in [-0.39, 0.29) is 18.6 Å². The van der Waals surface area contributed by atoms with Crippen LogP contribution >= 0.6 is 15.9 Å². The lowest BCUT2D eigenvalue weighted by Gasteiger charge is -2.13. The van der Waals surface area contributed by atoms with Gasteiger partial charge in [-0.25, -0.2) is 4.79 Å². The third kappa shape index (κ3) is 4.36. The molecule has 0 fully saturated rings. The van der Waals surface area contributed by atoms with E-state index in [9.17, 15) is 4.79 Å². The lowest BCUT2D eigenvalue weighted by Crippen LogP contribution is -2.16. The molecule has 0 saturated heterocycles. The van der Waals surface area contributed by atoms with Crippen LogP contribution in [-0.4, -0.2) is 19.2 Å². The smallest absolute Gasteiger partial charge is 0.344 e. The normalized spacial score (nSPS) is 12.0. The summed E-state index contributed by atoms with van der Waals surface area (Å²) in [7, 11) is 0. The second kappa shape index (κ2) is 6.61. The lowest BCUT2D eigenvalue weighted by molar-refractivity contribution is -0.145. The Morgan fingerprint density at radius 1 is 1.53 bits per heavy atom. The fraction of sp³-hybridized carbons (Fsp3) is 0.417. The average molecular weight is 302 g/mol. The first-order valence-corrected chi connectivity index (χ1v) is 6.17. The van der Waals surface area contributed by atoms with Crippen LogP contribution < -0.4 is 10.5 Å². The second-order valence-electron chi connectivity index (χ2n) is 3.56. The molecule has 0 unspecified atom stereocenters. The Labute approximate surface area is 109 Å². The Morgan fingerprint density at radius 3 is 2.82 bits per heavy atom. The highest BCUT2D eigenvalue weighted by Gasteiger charge is 2.10. The molecule has 0 bridgehead atoms. The largest absolute Gasteiger partial charge is 0.482 e. The number of nitrogens with two attached hydrogens (primary N) is 1. The minimum atomic E-state index is -0.386. The first-order valence-electron chi connectivity index (χ1n) is 5.38. The summed E-state index contributed by atoms with van der Waals surface area (Å²) in [6, 6.07) is 5.39. The first kappa shape index (κ1) is 14.0. The molecule has 0 aliphatic carbocycles. The van der Waals surface area contributed by atoms with Gasteiger partial charge in [-0.05, 0) is 26.0 Å². The highest BCUT2D eigenvalue weighted by molar-refractivity contribution is 9.10. The van der Waals surface area contributed by atoms with Gasteiger partial charge in [0.25, 0.3) is 0 Å². The highest BCUT2D eigenvalue weighted by Crippen LogP contribution is 2.27. The number of rotatable bonds is 5. The van der Waals surface area contributed by atoms with Crippen LogP contribution in [0.15, 0.2) is 22.7 Å². The maximum atomic E-state index is 11.2. The molecule has 1 atom stereocenters. The summed E-state index contributed by atoms with van der Waals surface area (Å²) in [4.78, 5) is 11.2. The van der Waals surface area contributed by atoms with E-state index < -0.39 is 0 Å². The highest BCUT2D eigenvalue weighted by atomic mass is 79.9. The van der Waals surface area contributed by atoms with E-state index in [4.69, 9.17) is 15.2 Å². The number of ether oxygens (including phenoxy) is 2. The summed E-state index contributed by atoms with van der Waals surface area (Å²) < 4.78 is 11.1. The summed E-state index contributed by atoms with van der Waals surface area (Å²) in [6.45, 7) is 3.86. The predicted molar refractivity (Wildman–Crippen MR) is 68.9 cm³/mol. The van der Waals surface area contributed by atoms with Gasteiger partial charge >= 0.3 is 5.97 Å². The Hall–Kier alpha value is -1.07. The number of hydrogen-bond acceptors (Lipinski definition) is 4. The van der Waals surface area contributed by atoms with E-state index in [0.717, 1.165) is 10.0 Å². The second-order valence-corrected chi connectivity index (χ2v) is 4.48. The summed E-state index contributed by atoms with van der Waals surface area (Å²) in [5.74, 6) is 0.213.